The Kier molecular flexibility index (Phi) is 4.39. The van der Waals surface area contributed by atoms with Crippen molar-refractivity contribution in [1.82, 2.24) is 0 Å². The molecule has 0 fully saturated rings. The van der Waals surface area contributed by atoms with Gasteiger partial charge in [-0.3, -0.25) is 0 Å². The van der Waals surface area contributed by atoms with Crippen molar-refractivity contribution >= 4 is 11.6 Å². The van der Waals surface area contributed by atoms with Crippen LogP contribution in [0, 0.1) is 0 Å². The van der Waals surface area contributed by atoms with Crippen LogP contribution in [0.15, 0.2) is 22.8 Å². The minimum Gasteiger partial charge on any atom is -0.165 e. The minimum absolute atomic E-state index is 0.223. The molecule has 0 rings (SSSR count). The number of allylic oxidation sites excluding steroid dienone is 4. The van der Waals surface area contributed by atoms with E-state index in [1.54, 1.807) is 6.08 Å². The van der Waals surface area contributed by atoms with E-state index in [-0.39, 0.29) is 6.42 Å². The number of halogens is 4. The van der Waals surface area contributed by atoms with Gasteiger partial charge in [0.25, 0.3) is 0 Å². The summed E-state index contributed by atoms with van der Waals surface area (Å²) in [5, 5.41) is -1.06. The predicted molar refractivity (Wildman–Crippen MR) is 44.0 cm³/mol. The third kappa shape index (κ3) is 5.24. The van der Waals surface area contributed by atoms with Crippen LogP contribution in [-0.2, 0) is 0 Å². The molecular weight excluding hydrogens is 189 g/mol. The van der Waals surface area contributed by atoms with Crippen LogP contribution in [0.5, 0.6) is 0 Å². The Labute approximate surface area is 74.7 Å². The monoisotopic (exact) mass is 198 g/mol. The summed E-state index contributed by atoms with van der Waals surface area (Å²) >= 11 is 4.95. The van der Waals surface area contributed by atoms with E-state index in [1.807, 2.05) is 13.8 Å². The standard InChI is InChI=1S/C8H10ClF3/c1-6(2)4-3-5-7(9)8(10,11)12/h4-5H,3H2,1-2H3/b7-5-. The summed E-state index contributed by atoms with van der Waals surface area (Å²) in [5.41, 5.74) is 0.970. The molecule has 0 spiro atoms. The molecule has 70 valence electrons. The van der Waals surface area contributed by atoms with Crippen LogP contribution in [0.2, 0.25) is 0 Å². The highest BCUT2D eigenvalue weighted by Gasteiger charge is 2.31. The molecule has 0 aromatic carbocycles. The van der Waals surface area contributed by atoms with Crippen LogP contribution in [0.4, 0.5) is 13.2 Å². The van der Waals surface area contributed by atoms with Crippen molar-refractivity contribution in [2.75, 3.05) is 0 Å². The molecular formula is C8H10ClF3. The highest BCUT2D eigenvalue weighted by molar-refractivity contribution is 6.30. The maximum atomic E-state index is 11.8. The van der Waals surface area contributed by atoms with E-state index >= 15 is 0 Å². The molecule has 0 aromatic rings. The Balaban J connectivity index is 4.12. The van der Waals surface area contributed by atoms with Crippen LogP contribution in [0.25, 0.3) is 0 Å². The lowest BCUT2D eigenvalue weighted by Gasteiger charge is -2.02. The quantitative estimate of drug-likeness (QED) is 0.588. The molecule has 0 nitrogen and oxygen atoms in total. The second kappa shape index (κ2) is 4.55. The lowest BCUT2D eigenvalue weighted by molar-refractivity contribution is -0.0847. The van der Waals surface area contributed by atoms with Gasteiger partial charge in [0.1, 0.15) is 5.03 Å². The normalized spacial score (nSPS) is 13.0. The van der Waals surface area contributed by atoms with Gasteiger partial charge < -0.3 is 0 Å². The summed E-state index contributed by atoms with van der Waals surface area (Å²) < 4.78 is 35.3. The molecule has 0 unspecified atom stereocenters. The minimum atomic E-state index is -4.41. The maximum absolute atomic E-state index is 11.8. The van der Waals surface area contributed by atoms with Crippen molar-refractivity contribution in [3.8, 4) is 0 Å². The second-order valence-corrected chi connectivity index (χ2v) is 2.97. The van der Waals surface area contributed by atoms with Gasteiger partial charge in [-0.05, 0) is 20.3 Å². The molecule has 0 N–H and O–H groups in total. The van der Waals surface area contributed by atoms with Gasteiger partial charge in [-0.1, -0.05) is 29.3 Å². The largest absolute Gasteiger partial charge is 0.426 e. The molecule has 12 heavy (non-hydrogen) atoms. The second-order valence-electron chi connectivity index (χ2n) is 2.57. The summed E-state index contributed by atoms with van der Waals surface area (Å²) in [6, 6.07) is 0. The van der Waals surface area contributed by atoms with Crippen LogP contribution in [0.3, 0.4) is 0 Å². The molecule has 0 saturated heterocycles. The van der Waals surface area contributed by atoms with Crippen molar-refractivity contribution in [2.45, 2.75) is 26.4 Å². The highest BCUT2D eigenvalue weighted by Crippen LogP contribution is 2.28. The molecule has 4 heteroatoms. The molecule has 0 aliphatic rings. The first kappa shape index (κ1) is 11.6. The van der Waals surface area contributed by atoms with E-state index in [2.05, 4.69) is 0 Å². The van der Waals surface area contributed by atoms with Gasteiger partial charge in [-0.15, -0.1) is 0 Å². The Bertz CT molecular complexity index is 197. The Morgan fingerprint density at radius 2 is 1.75 bits per heavy atom. The van der Waals surface area contributed by atoms with Crippen LogP contribution < -0.4 is 0 Å². The zero-order valence-electron chi connectivity index (χ0n) is 6.87. The summed E-state index contributed by atoms with van der Waals surface area (Å²) in [6.45, 7) is 3.63. The van der Waals surface area contributed by atoms with Gasteiger partial charge in [-0.2, -0.15) is 13.2 Å². The fraction of sp³-hybridized carbons (Fsp3) is 0.500. The molecule has 0 aromatic heterocycles. The third-order valence-corrected chi connectivity index (χ3v) is 1.46. The first-order valence-corrected chi connectivity index (χ1v) is 3.78. The van der Waals surface area contributed by atoms with Gasteiger partial charge >= 0.3 is 6.18 Å². The van der Waals surface area contributed by atoms with E-state index in [0.29, 0.717) is 0 Å². The summed E-state index contributed by atoms with van der Waals surface area (Å²) in [4.78, 5) is 0. The summed E-state index contributed by atoms with van der Waals surface area (Å²) in [7, 11) is 0. The van der Waals surface area contributed by atoms with Crippen LogP contribution >= 0.6 is 11.6 Å². The van der Waals surface area contributed by atoms with E-state index < -0.39 is 11.2 Å². The summed E-state index contributed by atoms with van der Waals surface area (Å²) in [6.07, 6.45) is -1.56. The van der Waals surface area contributed by atoms with Crippen LogP contribution in [-0.4, -0.2) is 6.18 Å². The van der Waals surface area contributed by atoms with Crippen molar-refractivity contribution in [3.63, 3.8) is 0 Å². The van der Waals surface area contributed by atoms with Gasteiger partial charge in [0, 0.05) is 0 Å². The SMILES string of the molecule is CC(C)=CC/C=C(\Cl)C(F)(F)F. The Morgan fingerprint density at radius 1 is 1.25 bits per heavy atom. The molecule has 0 amide bonds. The van der Waals surface area contributed by atoms with Crippen molar-refractivity contribution in [1.29, 1.82) is 0 Å². The van der Waals surface area contributed by atoms with E-state index in [0.717, 1.165) is 11.6 Å². The zero-order chi connectivity index (χ0) is 9.78. The number of hydrogen-bond donors (Lipinski definition) is 0. The highest BCUT2D eigenvalue weighted by atomic mass is 35.5. The van der Waals surface area contributed by atoms with E-state index in [4.69, 9.17) is 11.6 Å². The number of rotatable bonds is 2. The van der Waals surface area contributed by atoms with E-state index in [1.165, 1.54) is 0 Å². The number of alkyl halides is 3. The van der Waals surface area contributed by atoms with Gasteiger partial charge in [0.05, 0.1) is 0 Å². The molecule has 0 heterocycles. The predicted octanol–water partition coefficient (Wildman–Crippen LogP) is 4.03. The molecule has 0 aliphatic carbocycles. The fourth-order valence-corrected chi connectivity index (χ4v) is 0.603. The average molecular weight is 199 g/mol. The number of hydrogen-bond acceptors (Lipinski definition) is 0. The van der Waals surface area contributed by atoms with Gasteiger partial charge in [0.2, 0.25) is 0 Å². The van der Waals surface area contributed by atoms with Crippen molar-refractivity contribution in [3.05, 3.63) is 22.8 Å². The Morgan fingerprint density at radius 3 is 2.08 bits per heavy atom. The molecule has 0 aliphatic heterocycles. The fourth-order valence-electron chi connectivity index (χ4n) is 0.514. The van der Waals surface area contributed by atoms with Gasteiger partial charge in [0.15, 0.2) is 0 Å². The molecule has 0 atom stereocenters. The topological polar surface area (TPSA) is 0 Å². The smallest absolute Gasteiger partial charge is 0.165 e. The lowest BCUT2D eigenvalue weighted by Crippen LogP contribution is -2.06. The molecule has 0 radical (unpaired) electrons. The summed E-state index contributed by atoms with van der Waals surface area (Å²) in [5.74, 6) is 0. The molecule has 0 bridgehead atoms. The van der Waals surface area contributed by atoms with Gasteiger partial charge in [-0.25, -0.2) is 0 Å². The first-order chi connectivity index (χ1) is 5.34. The average Bonchev–Trinajstić information content (AvgIpc) is 1.84. The third-order valence-electron chi connectivity index (χ3n) is 1.09. The first-order valence-electron chi connectivity index (χ1n) is 3.40. The van der Waals surface area contributed by atoms with Crippen molar-refractivity contribution < 1.29 is 13.2 Å². The van der Waals surface area contributed by atoms with Crippen molar-refractivity contribution in [2.24, 2.45) is 0 Å². The zero-order valence-corrected chi connectivity index (χ0v) is 7.63. The lowest BCUT2D eigenvalue weighted by atomic mass is 10.2. The maximum Gasteiger partial charge on any atom is 0.426 e. The van der Waals surface area contributed by atoms with Crippen LogP contribution in [0.1, 0.15) is 20.3 Å². The van der Waals surface area contributed by atoms with E-state index in [9.17, 15) is 13.2 Å². The molecule has 0 saturated carbocycles. The Hall–Kier alpha value is -0.440.